The average Bonchev–Trinajstić information content (AvgIpc) is 3.49. The van der Waals surface area contributed by atoms with Crippen molar-refractivity contribution in [1.29, 1.82) is 0 Å². The summed E-state index contributed by atoms with van der Waals surface area (Å²) in [6.45, 7) is 7.04. The molecule has 12 nitrogen and oxygen atoms in total. The molecule has 0 aliphatic rings. The van der Waals surface area contributed by atoms with Gasteiger partial charge in [0.15, 0.2) is 11.7 Å². The van der Waals surface area contributed by atoms with Crippen molar-refractivity contribution in [3.63, 3.8) is 0 Å². The van der Waals surface area contributed by atoms with E-state index in [9.17, 15) is 33.3 Å². The van der Waals surface area contributed by atoms with E-state index in [0.717, 1.165) is 34.1 Å². The molecule has 5 N–H and O–H groups in total. The van der Waals surface area contributed by atoms with Crippen molar-refractivity contribution in [2.45, 2.75) is 51.2 Å². The topological polar surface area (TPSA) is 178 Å². The number of aliphatic hydroxyl groups is 1. The van der Waals surface area contributed by atoms with Crippen LogP contribution < -0.4 is 15.4 Å². The molecule has 0 aliphatic carbocycles. The number of nitrogens with zero attached hydrogens (tertiary/aromatic N) is 2. The second kappa shape index (κ2) is 16.5. The molecule has 0 unspecified atom stereocenters. The molecule has 274 valence electrons. The maximum atomic E-state index is 14.2. The lowest BCUT2D eigenvalue weighted by Gasteiger charge is -2.30. The van der Waals surface area contributed by atoms with Crippen LogP contribution in [-0.2, 0) is 21.2 Å². The van der Waals surface area contributed by atoms with Crippen LogP contribution in [0.15, 0.2) is 89.8 Å². The third-order valence-corrected chi connectivity index (χ3v) is 11.0. The Morgan fingerprint density at radius 2 is 1.58 bits per heavy atom. The fourth-order valence-corrected chi connectivity index (χ4v) is 8.36. The van der Waals surface area contributed by atoms with Gasteiger partial charge in [0.25, 0.3) is 11.8 Å². The van der Waals surface area contributed by atoms with Gasteiger partial charge in [-0.15, -0.1) is 0 Å². The fourth-order valence-electron chi connectivity index (χ4n) is 5.74. The van der Waals surface area contributed by atoms with Gasteiger partial charge in [-0.3, -0.25) is 14.9 Å². The van der Waals surface area contributed by atoms with Gasteiger partial charge in [-0.1, -0.05) is 73.7 Å². The summed E-state index contributed by atoms with van der Waals surface area (Å²) in [5.74, 6) is -1.13. The number of anilines is 1. The predicted molar refractivity (Wildman–Crippen MR) is 200 cm³/mol. The monoisotopic (exact) mass is 746 g/mol. The average molecular weight is 747 g/mol. The zero-order valence-corrected chi connectivity index (χ0v) is 30.9. The second-order valence-electron chi connectivity index (χ2n) is 13.0. The van der Waals surface area contributed by atoms with Crippen LogP contribution in [0.25, 0.3) is 10.2 Å². The summed E-state index contributed by atoms with van der Waals surface area (Å²) < 4.78 is 35.9. The van der Waals surface area contributed by atoms with Gasteiger partial charge in [0, 0.05) is 24.7 Å². The lowest BCUT2D eigenvalue weighted by atomic mass is 10.0. The molecule has 0 radical (unpaired) electrons. The third-order valence-electron chi connectivity index (χ3n) is 8.21. The highest BCUT2D eigenvalue weighted by Gasteiger charge is 2.32. The summed E-state index contributed by atoms with van der Waals surface area (Å²) >= 11 is 1.06. The number of carbonyl (C=O) groups is 2. The van der Waals surface area contributed by atoms with Crippen LogP contribution in [-0.4, -0.2) is 76.7 Å². The minimum atomic E-state index is -4.17. The molecule has 14 heteroatoms. The third kappa shape index (κ3) is 9.64. The molecule has 2 amide bonds. The lowest BCUT2D eigenvalue weighted by molar-refractivity contribution is -0.124. The highest BCUT2D eigenvalue weighted by Crippen LogP contribution is 2.31. The summed E-state index contributed by atoms with van der Waals surface area (Å²) in [5, 5.41) is 36.8. The van der Waals surface area contributed by atoms with E-state index in [1.807, 2.05) is 76.2 Å². The van der Waals surface area contributed by atoms with Gasteiger partial charge in [-0.05, 0) is 73.2 Å². The van der Waals surface area contributed by atoms with Crippen LogP contribution in [0.2, 0.25) is 0 Å². The number of hydrogen-bond acceptors (Lipinski definition) is 10. The van der Waals surface area contributed by atoms with Crippen molar-refractivity contribution in [3.8, 4) is 17.2 Å². The Morgan fingerprint density at radius 1 is 0.904 bits per heavy atom. The van der Waals surface area contributed by atoms with Gasteiger partial charge < -0.3 is 25.4 Å². The number of nitrogens with one attached hydrogen (secondary N) is 2. The molecule has 1 heterocycles. The van der Waals surface area contributed by atoms with E-state index in [0.29, 0.717) is 16.0 Å². The molecule has 2 atom stereocenters. The lowest BCUT2D eigenvalue weighted by Crippen LogP contribution is -2.52. The minimum Gasteiger partial charge on any atom is -0.508 e. The zero-order valence-electron chi connectivity index (χ0n) is 29.2. The number of fused-ring (bicyclic) bond motifs is 1. The van der Waals surface area contributed by atoms with E-state index in [2.05, 4.69) is 15.6 Å². The summed E-state index contributed by atoms with van der Waals surface area (Å²) in [6.07, 6.45) is -1.04. The number of phenols is 2. The summed E-state index contributed by atoms with van der Waals surface area (Å²) in [7, 11) is -4.17. The van der Waals surface area contributed by atoms with Gasteiger partial charge in [-0.25, -0.2) is 13.4 Å². The number of sulfonamides is 1. The first-order valence-electron chi connectivity index (χ1n) is 16.6. The number of hydrogen-bond donors (Lipinski definition) is 5. The molecule has 5 rings (SSSR count). The highest BCUT2D eigenvalue weighted by molar-refractivity contribution is 7.89. The molecule has 0 aliphatic heterocycles. The number of aromatic nitrogens is 1. The van der Waals surface area contributed by atoms with Crippen molar-refractivity contribution in [1.82, 2.24) is 14.6 Å². The van der Waals surface area contributed by atoms with E-state index in [1.165, 1.54) is 34.6 Å². The van der Waals surface area contributed by atoms with Crippen molar-refractivity contribution in [2.75, 3.05) is 25.0 Å². The van der Waals surface area contributed by atoms with E-state index in [1.54, 1.807) is 0 Å². The molecule has 5 aromatic rings. The Bertz CT molecular complexity index is 2110. The van der Waals surface area contributed by atoms with Gasteiger partial charge in [0.05, 0.1) is 27.3 Å². The predicted octanol–water partition coefficient (Wildman–Crippen LogP) is 5.39. The first kappa shape index (κ1) is 38.2. The number of aromatic hydroxyl groups is 2. The molecule has 0 bridgehead atoms. The fraction of sp³-hybridized carbons (Fsp3) is 0.289. The number of amides is 2. The number of carbonyl (C=O) groups excluding carboxylic acids is 2. The molecule has 0 saturated carbocycles. The first-order valence-corrected chi connectivity index (χ1v) is 18.9. The van der Waals surface area contributed by atoms with Gasteiger partial charge in [0.2, 0.25) is 10.0 Å². The van der Waals surface area contributed by atoms with Crippen molar-refractivity contribution in [3.05, 3.63) is 107 Å². The second-order valence-corrected chi connectivity index (χ2v) is 16.0. The van der Waals surface area contributed by atoms with Crippen LogP contribution >= 0.6 is 11.3 Å². The van der Waals surface area contributed by atoms with Crippen LogP contribution in [0, 0.1) is 19.8 Å². The number of aryl methyl sites for hydroxylation is 2. The quantitative estimate of drug-likeness (QED) is 0.0940. The standard InChI is InChI=1S/C38H42N4O8S2/c1-23(2)20-42(21-33(45)32(15-26-11-6-5-7-12-26)39-35(46)22-50-36-24(3)9-8-10-25(36)4)52(48,49)30-13-14-31-34(19-30)51-38(40-31)41-37(47)27-16-28(43)18-29(44)17-27/h5-14,16-19,23,32-33,43-45H,15,20-22H2,1-4H3,(H,39,46)(H,40,41,47)/t32-,33+/m0/s1. The van der Waals surface area contributed by atoms with Crippen molar-refractivity contribution < 1.29 is 38.1 Å². The minimum absolute atomic E-state index is 0.0126. The van der Waals surface area contributed by atoms with Crippen molar-refractivity contribution >= 4 is 48.5 Å². The van der Waals surface area contributed by atoms with Crippen LogP contribution in [0.1, 0.15) is 40.9 Å². The van der Waals surface area contributed by atoms with E-state index in [-0.39, 0.29) is 59.1 Å². The van der Waals surface area contributed by atoms with Crippen LogP contribution in [0.3, 0.4) is 0 Å². The summed E-state index contributed by atoms with van der Waals surface area (Å²) in [4.78, 5) is 30.3. The molecule has 1 aromatic heterocycles. The Hall–Kier alpha value is -5.02. The molecular formula is C38H42N4O8S2. The van der Waals surface area contributed by atoms with E-state index < -0.39 is 34.0 Å². The van der Waals surface area contributed by atoms with Crippen molar-refractivity contribution in [2.24, 2.45) is 5.92 Å². The summed E-state index contributed by atoms with van der Waals surface area (Å²) in [6, 6.07) is 22.1. The highest BCUT2D eigenvalue weighted by atomic mass is 32.2. The molecule has 0 fully saturated rings. The molecule has 0 spiro atoms. The Kier molecular flexibility index (Phi) is 12.2. The molecule has 52 heavy (non-hydrogen) atoms. The molecular weight excluding hydrogens is 705 g/mol. The van der Waals surface area contributed by atoms with E-state index in [4.69, 9.17) is 4.74 Å². The Morgan fingerprint density at radius 3 is 2.23 bits per heavy atom. The largest absolute Gasteiger partial charge is 0.508 e. The number of aliphatic hydroxyl groups excluding tert-OH is 1. The summed E-state index contributed by atoms with van der Waals surface area (Å²) in [5.41, 5.74) is 3.08. The van der Waals surface area contributed by atoms with E-state index >= 15 is 0 Å². The number of para-hydroxylation sites is 1. The van der Waals surface area contributed by atoms with Crippen LogP contribution in [0.4, 0.5) is 5.13 Å². The number of ether oxygens (including phenoxy) is 1. The van der Waals surface area contributed by atoms with Gasteiger partial charge in [-0.2, -0.15) is 4.31 Å². The number of rotatable bonds is 15. The Balaban J connectivity index is 1.35. The number of phenolic OH excluding ortho intramolecular Hbond substituents is 2. The molecule has 0 saturated heterocycles. The number of thiazole rings is 1. The maximum Gasteiger partial charge on any atom is 0.258 e. The normalized spacial score (nSPS) is 12.9. The Labute approximate surface area is 306 Å². The zero-order chi connectivity index (χ0) is 37.6. The number of benzene rings is 4. The maximum absolute atomic E-state index is 14.2. The molecule has 4 aromatic carbocycles. The SMILES string of the molecule is Cc1cccc(C)c1OCC(=O)N[C@@H](Cc1ccccc1)[C@H](O)CN(CC(C)C)S(=O)(=O)c1ccc2nc(NC(=O)c3cc(O)cc(O)c3)sc2c1. The first-order chi connectivity index (χ1) is 24.7. The van der Waals surface area contributed by atoms with Gasteiger partial charge >= 0.3 is 0 Å². The van der Waals surface area contributed by atoms with Crippen LogP contribution in [0.5, 0.6) is 17.2 Å². The smallest absolute Gasteiger partial charge is 0.258 e. The van der Waals surface area contributed by atoms with Gasteiger partial charge in [0.1, 0.15) is 17.2 Å².